The molecule has 2 aromatic rings. The molecule has 1 aliphatic heterocycles. The highest BCUT2D eigenvalue weighted by atomic mass is 16.1. The van der Waals surface area contributed by atoms with Crippen molar-refractivity contribution >= 4 is 17.4 Å². The molecular formula is C20H25N3O. The Hall–Kier alpha value is -2.36. The van der Waals surface area contributed by atoms with Crippen molar-refractivity contribution in [3.05, 3.63) is 53.7 Å². The van der Waals surface area contributed by atoms with Crippen LogP contribution >= 0.6 is 0 Å². The number of carbonyl (C=O) groups is 1. The van der Waals surface area contributed by atoms with E-state index in [9.17, 15) is 4.79 Å². The van der Waals surface area contributed by atoms with E-state index in [-0.39, 0.29) is 5.91 Å². The third-order valence-corrected chi connectivity index (χ3v) is 4.59. The maximum absolute atomic E-state index is 12.2. The van der Waals surface area contributed by atoms with Gasteiger partial charge >= 0.3 is 0 Å². The number of anilines is 2. The van der Waals surface area contributed by atoms with Crippen LogP contribution < -0.4 is 10.2 Å². The first-order valence-electron chi connectivity index (χ1n) is 8.66. The van der Waals surface area contributed by atoms with Crippen LogP contribution in [0.3, 0.4) is 0 Å². The summed E-state index contributed by atoms with van der Waals surface area (Å²) in [5.41, 5.74) is 2.95. The molecule has 1 aromatic heterocycles. The molecule has 1 saturated heterocycles. The van der Waals surface area contributed by atoms with E-state index in [0.717, 1.165) is 36.1 Å². The van der Waals surface area contributed by atoms with Crippen molar-refractivity contribution in [2.75, 3.05) is 23.3 Å². The van der Waals surface area contributed by atoms with Gasteiger partial charge in [-0.3, -0.25) is 4.79 Å². The van der Waals surface area contributed by atoms with Gasteiger partial charge in [0, 0.05) is 13.1 Å². The van der Waals surface area contributed by atoms with Crippen LogP contribution in [-0.2, 0) is 11.2 Å². The Morgan fingerprint density at radius 2 is 2.04 bits per heavy atom. The monoisotopic (exact) mass is 323 g/mol. The van der Waals surface area contributed by atoms with Gasteiger partial charge in [-0.1, -0.05) is 36.8 Å². The Balaban J connectivity index is 1.56. The molecule has 0 aliphatic carbocycles. The molecule has 24 heavy (non-hydrogen) atoms. The van der Waals surface area contributed by atoms with E-state index in [4.69, 9.17) is 0 Å². The average molecular weight is 323 g/mol. The molecule has 1 N–H and O–H groups in total. The average Bonchev–Trinajstić information content (AvgIpc) is 2.56. The highest BCUT2D eigenvalue weighted by Crippen LogP contribution is 2.22. The number of hydrogen-bond acceptors (Lipinski definition) is 3. The molecule has 0 spiro atoms. The summed E-state index contributed by atoms with van der Waals surface area (Å²) in [5, 5.41) is 2.93. The number of carbonyl (C=O) groups excluding carboxylic acids is 1. The number of hydrogen-bond donors (Lipinski definition) is 1. The summed E-state index contributed by atoms with van der Waals surface area (Å²) in [4.78, 5) is 19.0. The fourth-order valence-corrected chi connectivity index (χ4v) is 3.10. The van der Waals surface area contributed by atoms with E-state index in [1.165, 1.54) is 18.4 Å². The second-order valence-corrected chi connectivity index (χ2v) is 6.79. The van der Waals surface area contributed by atoms with E-state index < -0.39 is 0 Å². The summed E-state index contributed by atoms with van der Waals surface area (Å²) in [6, 6.07) is 12.0. The predicted molar refractivity (Wildman–Crippen MR) is 98.4 cm³/mol. The lowest BCUT2D eigenvalue weighted by atomic mass is 9.99. The van der Waals surface area contributed by atoms with Gasteiger partial charge in [-0.2, -0.15) is 0 Å². The van der Waals surface area contributed by atoms with Crippen molar-refractivity contribution in [1.29, 1.82) is 0 Å². The molecule has 0 bridgehead atoms. The number of piperidine rings is 1. The fraction of sp³-hybridized carbons (Fsp3) is 0.400. The molecule has 1 fully saturated rings. The van der Waals surface area contributed by atoms with Crippen LogP contribution in [0, 0.1) is 12.8 Å². The zero-order chi connectivity index (χ0) is 16.9. The van der Waals surface area contributed by atoms with Crippen molar-refractivity contribution in [1.82, 2.24) is 4.98 Å². The molecule has 2 heterocycles. The molecule has 126 valence electrons. The molecule has 1 amide bonds. The Kier molecular flexibility index (Phi) is 5.14. The third kappa shape index (κ3) is 4.34. The van der Waals surface area contributed by atoms with Crippen LogP contribution in [0.25, 0.3) is 0 Å². The SMILES string of the molecule is Cc1cccc(CC(=O)Nc2ccc(N3CCC(C)CC3)nc2)c1. The number of nitrogens with zero attached hydrogens (tertiary/aromatic N) is 2. The van der Waals surface area contributed by atoms with Gasteiger partial charge in [-0.15, -0.1) is 0 Å². The van der Waals surface area contributed by atoms with Gasteiger partial charge in [0.25, 0.3) is 0 Å². The van der Waals surface area contributed by atoms with E-state index in [2.05, 4.69) is 22.1 Å². The van der Waals surface area contributed by atoms with E-state index in [1.807, 2.05) is 43.3 Å². The lowest BCUT2D eigenvalue weighted by Gasteiger charge is -2.31. The summed E-state index contributed by atoms with van der Waals surface area (Å²) in [6.45, 7) is 6.46. The second kappa shape index (κ2) is 7.47. The minimum absolute atomic E-state index is 0.0121. The Bertz CT molecular complexity index is 688. The first-order valence-corrected chi connectivity index (χ1v) is 8.66. The van der Waals surface area contributed by atoms with Crippen LogP contribution in [0.2, 0.25) is 0 Å². The fourth-order valence-electron chi connectivity index (χ4n) is 3.10. The quantitative estimate of drug-likeness (QED) is 0.930. The minimum atomic E-state index is -0.0121. The summed E-state index contributed by atoms with van der Waals surface area (Å²) in [6.07, 6.45) is 4.57. The summed E-state index contributed by atoms with van der Waals surface area (Å²) < 4.78 is 0. The molecule has 4 heteroatoms. The van der Waals surface area contributed by atoms with Crippen LogP contribution in [0.1, 0.15) is 30.9 Å². The molecule has 0 radical (unpaired) electrons. The number of aryl methyl sites for hydroxylation is 1. The van der Waals surface area contributed by atoms with Gasteiger partial charge in [0.15, 0.2) is 0 Å². The zero-order valence-electron chi connectivity index (χ0n) is 14.5. The van der Waals surface area contributed by atoms with E-state index in [1.54, 1.807) is 6.20 Å². The molecule has 0 unspecified atom stereocenters. The van der Waals surface area contributed by atoms with Gasteiger partial charge in [0.2, 0.25) is 5.91 Å². The Morgan fingerprint density at radius 3 is 2.71 bits per heavy atom. The molecular weight excluding hydrogens is 298 g/mol. The van der Waals surface area contributed by atoms with Crippen molar-refractivity contribution in [2.24, 2.45) is 5.92 Å². The number of nitrogens with one attached hydrogen (secondary N) is 1. The molecule has 3 rings (SSSR count). The highest BCUT2D eigenvalue weighted by Gasteiger charge is 2.16. The third-order valence-electron chi connectivity index (χ3n) is 4.59. The number of rotatable bonds is 4. The second-order valence-electron chi connectivity index (χ2n) is 6.79. The minimum Gasteiger partial charge on any atom is -0.357 e. The van der Waals surface area contributed by atoms with E-state index in [0.29, 0.717) is 6.42 Å². The lowest BCUT2D eigenvalue weighted by Crippen LogP contribution is -2.33. The maximum atomic E-state index is 12.2. The summed E-state index contributed by atoms with van der Waals surface area (Å²) >= 11 is 0. The number of benzene rings is 1. The molecule has 1 aliphatic rings. The highest BCUT2D eigenvalue weighted by molar-refractivity contribution is 5.92. The van der Waals surface area contributed by atoms with Gasteiger partial charge < -0.3 is 10.2 Å². The number of amides is 1. The van der Waals surface area contributed by atoms with Gasteiger partial charge in [-0.05, 0) is 43.4 Å². The Labute approximate surface area is 143 Å². The number of pyridine rings is 1. The Morgan fingerprint density at radius 1 is 1.25 bits per heavy atom. The van der Waals surface area contributed by atoms with Gasteiger partial charge in [0.1, 0.15) is 5.82 Å². The normalized spacial score (nSPS) is 15.3. The van der Waals surface area contributed by atoms with Crippen LogP contribution in [-0.4, -0.2) is 24.0 Å². The van der Waals surface area contributed by atoms with Gasteiger partial charge in [-0.25, -0.2) is 4.98 Å². The summed E-state index contributed by atoms with van der Waals surface area (Å²) in [5.74, 6) is 1.79. The van der Waals surface area contributed by atoms with Crippen molar-refractivity contribution in [3.63, 3.8) is 0 Å². The number of aromatic nitrogens is 1. The predicted octanol–water partition coefficient (Wildman–Crippen LogP) is 3.81. The molecule has 0 atom stereocenters. The topological polar surface area (TPSA) is 45.2 Å². The molecule has 1 aromatic carbocycles. The smallest absolute Gasteiger partial charge is 0.228 e. The maximum Gasteiger partial charge on any atom is 0.228 e. The van der Waals surface area contributed by atoms with Crippen LogP contribution in [0.4, 0.5) is 11.5 Å². The van der Waals surface area contributed by atoms with Crippen LogP contribution in [0.15, 0.2) is 42.6 Å². The summed E-state index contributed by atoms with van der Waals surface area (Å²) in [7, 11) is 0. The van der Waals surface area contributed by atoms with E-state index >= 15 is 0 Å². The van der Waals surface area contributed by atoms with Gasteiger partial charge in [0.05, 0.1) is 18.3 Å². The largest absolute Gasteiger partial charge is 0.357 e. The standard InChI is InChI=1S/C20H25N3O/c1-15-8-10-23(11-9-15)19-7-6-18(14-21-19)22-20(24)13-17-5-3-4-16(2)12-17/h3-7,12,14-15H,8-11,13H2,1-2H3,(H,22,24). The molecule has 0 saturated carbocycles. The van der Waals surface area contributed by atoms with Crippen molar-refractivity contribution in [3.8, 4) is 0 Å². The zero-order valence-corrected chi connectivity index (χ0v) is 14.5. The van der Waals surface area contributed by atoms with Crippen LogP contribution in [0.5, 0.6) is 0 Å². The lowest BCUT2D eigenvalue weighted by molar-refractivity contribution is -0.115. The van der Waals surface area contributed by atoms with Crippen molar-refractivity contribution < 1.29 is 4.79 Å². The van der Waals surface area contributed by atoms with Crippen molar-refractivity contribution in [2.45, 2.75) is 33.1 Å². The first-order chi connectivity index (χ1) is 11.6. The first kappa shape index (κ1) is 16.5. The molecule has 4 nitrogen and oxygen atoms in total.